The van der Waals surface area contributed by atoms with Crippen molar-refractivity contribution in [3.63, 3.8) is 0 Å². The van der Waals surface area contributed by atoms with E-state index in [4.69, 9.17) is 23.1 Å². The lowest BCUT2D eigenvalue weighted by Crippen LogP contribution is -2.58. The van der Waals surface area contributed by atoms with Crippen LogP contribution in [0.25, 0.3) is 0 Å². The van der Waals surface area contributed by atoms with Crippen molar-refractivity contribution in [2.45, 2.75) is 57.8 Å². The first-order chi connectivity index (χ1) is 19.1. The summed E-state index contributed by atoms with van der Waals surface area (Å²) in [5, 5.41) is 5.21. The maximum absolute atomic E-state index is 12.4. The second-order valence-corrected chi connectivity index (χ2v) is 11.1. The van der Waals surface area contributed by atoms with Gasteiger partial charge in [-0.1, -0.05) is 42.3 Å². The number of piperazine rings is 1. The summed E-state index contributed by atoms with van der Waals surface area (Å²) >= 11 is 6.37. The molecular weight excluding hydrogens is 534 g/mol. The number of hydrogen-bond donors (Lipinski definition) is 4. The number of primary amides is 1. The maximum Gasteiger partial charge on any atom is 0.322 e. The number of nitrogen functional groups attached to an aromatic ring is 1. The van der Waals surface area contributed by atoms with Crippen molar-refractivity contribution in [1.82, 2.24) is 30.4 Å². The highest BCUT2D eigenvalue weighted by Gasteiger charge is 2.36. The number of imide groups is 1. The third kappa shape index (κ3) is 5.70. The van der Waals surface area contributed by atoms with Crippen LogP contribution in [0.4, 0.5) is 16.4 Å². The number of piperidine rings is 1. The first kappa shape index (κ1) is 28.1. The van der Waals surface area contributed by atoms with Crippen LogP contribution in [-0.2, 0) is 11.3 Å². The summed E-state index contributed by atoms with van der Waals surface area (Å²) in [5.74, 6) is -0.588. The van der Waals surface area contributed by atoms with Crippen LogP contribution in [0.2, 0.25) is 5.15 Å². The Morgan fingerprint density at radius 2 is 1.90 bits per heavy atom. The van der Waals surface area contributed by atoms with E-state index >= 15 is 0 Å². The molecule has 0 saturated carbocycles. The number of likely N-dealkylation sites (tertiary alicyclic amines) is 1. The number of carbonyl (C=O) groups excluding carboxylic acids is 3. The van der Waals surface area contributed by atoms with Gasteiger partial charge < -0.3 is 21.7 Å². The van der Waals surface area contributed by atoms with Crippen molar-refractivity contribution in [1.29, 1.82) is 0 Å². The molecular formula is C27H36ClN9O3. The van der Waals surface area contributed by atoms with Gasteiger partial charge in [0.25, 0.3) is 11.8 Å². The van der Waals surface area contributed by atoms with E-state index in [2.05, 4.69) is 54.4 Å². The molecule has 4 amide bonds. The molecule has 6 N–H and O–H groups in total. The molecule has 214 valence electrons. The van der Waals surface area contributed by atoms with Crippen LogP contribution in [0.5, 0.6) is 0 Å². The zero-order chi connectivity index (χ0) is 28.6. The van der Waals surface area contributed by atoms with Gasteiger partial charge in [-0.15, -0.1) is 0 Å². The van der Waals surface area contributed by atoms with Gasteiger partial charge in [-0.3, -0.25) is 24.7 Å². The molecule has 0 radical (unpaired) electrons. The molecule has 40 heavy (non-hydrogen) atoms. The third-order valence-electron chi connectivity index (χ3n) is 8.20. The number of amides is 4. The van der Waals surface area contributed by atoms with Crippen LogP contribution >= 0.6 is 11.6 Å². The SMILES string of the molecule is CC[C@H]1CN(c2nc(N)c(C(N)=O)nc2Cl)CCN1C1CCN(Cc2ccc(C)cc2C2NC(=O)NC2=O)CC1. The lowest BCUT2D eigenvalue weighted by molar-refractivity contribution is -0.120. The first-order valence-electron chi connectivity index (χ1n) is 13.7. The van der Waals surface area contributed by atoms with Crippen LogP contribution in [0, 0.1) is 6.92 Å². The summed E-state index contributed by atoms with van der Waals surface area (Å²) < 4.78 is 0. The molecule has 2 aromatic rings. The fourth-order valence-electron chi connectivity index (χ4n) is 6.12. The molecule has 4 heterocycles. The van der Waals surface area contributed by atoms with Gasteiger partial charge in [-0.2, -0.15) is 0 Å². The largest absolute Gasteiger partial charge is 0.382 e. The fourth-order valence-corrected chi connectivity index (χ4v) is 6.37. The van der Waals surface area contributed by atoms with Gasteiger partial charge in [-0.05, 0) is 50.4 Å². The molecule has 2 atom stereocenters. The van der Waals surface area contributed by atoms with E-state index in [1.165, 1.54) is 0 Å². The van der Waals surface area contributed by atoms with Crippen molar-refractivity contribution in [3.05, 3.63) is 45.7 Å². The molecule has 3 aliphatic heterocycles. The molecule has 3 saturated heterocycles. The standard InChI is InChI=1S/C27H36ClN9O3/c1-3-17-14-36(25-22(28)31-21(24(30)38)23(29)33-25)10-11-37(17)18-6-8-35(9-7-18)13-16-5-4-15(2)12-19(16)20-26(39)34-27(40)32-20/h4-5,12,17-18,20H,3,6-11,13-14H2,1-2H3,(H2,29,33)(H2,30,38)(H2,32,34,39,40)/t17-,20?/m0/s1. The highest BCUT2D eigenvalue weighted by molar-refractivity contribution is 6.32. The van der Waals surface area contributed by atoms with Gasteiger partial charge in [0.15, 0.2) is 22.5 Å². The van der Waals surface area contributed by atoms with Crippen LogP contribution in [-0.4, -0.2) is 82.4 Å². The van der Waals surface area contributed by atoms with Crippen molar-refractivity contribution >= 4 is 41.1 Å². The van der Waals surface area contributed by atoms with Gasteiger partial charge in [0.05, 0.1) is 0 Å². The lowest BCUT2D eigenvalue weighted by Gasteiger charge is -2.47. The molecule has 3 fully saturated rings. The van der Waals surface area contributed by atoms with Crippen LogP contribution < -0.4 is 27.0 Å². The number of aryl methyl sites for hydroxylation is 1. The minimum absolute atomic E-state index is 0.0116. The van der Waals surface area contributed by atoms with E-state index in [9.17, 15) is 14.4 Å². The van der Waals surface area contributed by atoms with E-state index < -0.39 is 18.0 Å². The predicted molar refractivity (Wildman–Crippen MR) is 152 cm³/mol. The number of halogens is 1. The molecule has 1 aromatic heterocycles. The number of nitrogens with two attached hydrogens (primary N) is 2. The highest BCUT2D eigenvalue weighted by atomic mass is 35.5. The Kier molecular flexibility index (Phi) is 8.11. The molecule has 1 unspecified atom stereocenters. The zero-order valence-electron chi connectivity index (χ0n) is 22.8. The average Bonchev–Trinajstić information content (AvgIpc) is 3.28. The Balaban J connectivity index is 1.21. The molecule has 12 nitrogen and oxygen atoms in total. The topological polar surface area (TPSA) is 163 Å². The number of nitrogens with one attached hydrogen (secondary N) is 2. The molecule has 0 bridgehead atoms. The van der Waals surface area contributed by atoms with Gasteiger partial charge in [0.1, 0.15) is 6.04 Å². The summed E-state index contributed by atoms with van der Waals surface area (Å²) in [7, 11) is 0. The van der Waals surface area contributed by atoms with Gasteiger partial charge >= 0.3 is 6.03 Å². The molecule has 1 aromatic carbocycles. The summed E-state index contributed by atoms with van der Waals surface area (Å²) in [6.07, 6.45) is 3.05. The second kappa shape index (κ2) is 11.6. The van der Waals surface area contributed by atoms with Crippen molar-refractivity contribution < 1.29 is 14.4 Å². The number of nitrogens with zero attached hydrogens (tertiary/aromatic N) is 5. The van der Waals surface area contributed by atoms with Crippen LogP contribution in [0.15, 0.2) is 18.2 Å². The number of urea groups is 1. The van der Waals surface area contributed by atoms with Crippen LogP contribution in [0.1, 0.15) is 59.4 Å². The summed E-state index contributed by atoms with van der Waals surface area (Å²) in [6.45, 7) is 9.11. The Morgan fingerprint density at radius 1 is 1.15 bits per heavy atom. The number of aromatic nitrogens is 2. The van der Waals surface area contributed by atoms with Crippen molar-refractivity contribution in [3.8, 4) is 0 Å². The van der Waals surface area contributed by atoms with Gasteiger partial charge in [0.2, 0.25) is 0 Å². The average molecular weight is 570 g/mol. The molecule has 5 rings (SSSR count). The minimum Gasteiger partial charge on any atom is -0.382 e. The zero-order valence-corrected chi connectivity index (χ0v) is 23.6. The number of hydrogen-bond acceptors (Lipinski definition) is 9. The van der Waals surface area contributed by atoms with E-state index in [1.54, 1.807) is 0 Å². The third-order valence-corrected chi connectivity index (χ3v) is 8.46. The van der Waals surface area contributed by atoms with E-state index in [-0.39, 0.29) is 22.6 Å². The Morgan fingerprint density at radius 3 is 2.55 bits per heavy atom. The molecule has 3 aliphatic rings. The first-order valence-corrected chi connectivity index (χ1v) is 14.1. The molecule has 13 heteroatoms. The monoisotopic (exact) mass is 569 g/mol. The number of rotatable bonds is 7. The number of benzene rings is 1. The Hall–Kier alpha value is -3.48. The Labute approximate surface area is 238 Å². The minimum atomic E-state index is -0.754. The fraction of sp³-hybridized carbons (Fsp3) is 0.519. The number of carbonyl (C=O) groups is 3. The van der Waals surface area contributed by atoms with Gasteiger partial charge in [0, 0.05) is 38.3 Å². The predicted octanol–water partition coefficient (Wildman–Crippen LogP) is 1.57. The van der Waals surface area contributed by atoms with Crippen molar-refractivity contribution in [2.24, 2.45) is 5.73 Å². The molecule has 0 aliphatic carbocycles. The quantitative estimate of drug-likeness (QED) is 0.362. The summed E-state index contributed by atoms with van der Waals surface area (Å²) in [6, 6.07) is 5.79. The Bertz CT molecular complexity index is 1310. The number of anilines is 2. The van der Waals surface area contributed by atoms with Crippen molar-refractivity contribution in [2.75, 3.05) is 43.4 Å². The summed E-state index contributed by atoms with van der Waals surface area (Å²) in [5.41, 5.74) is 14.1. The smallest absolute Gasteiger partial charge is 0.322 e. The summed E-state index contributed by atoms with van der Waals surface area (Å²) in [4.78, 5) is 51.2. The van der Waals surface area contributed by atoms with E-state index in [0.29, 0.717) is 17.9 Å². The highest BCUT2D eigenvalue weighted by Crippen LogP contribution is 2.30. The molecule has 0 spiro atoms. The second-order valence-electron chi connectivity index (χ2n) is 10.8. The van der Waals surface area contributed by atoms with E-state index in [1.807, 2.05) is 13.0 Å². The van der Waals surface area contributed by atoms with Crippen LogP contribution in [0.3, 0.4) is 0 Å². The van der Waals surface area contributed by atoms with E-state index in [0.717, 1.165) is 75.2 Å². The normalized spacial score (nSPS) is 22.8. The maximum atomic E-state index is 12.4. The van der Waals surface area contributed by atoms with Gasteiger partial charge in [-0.25, -0.2) is 14.8 Å². The lowest BCUT2D eigenvalue weighted by atomic mass is 9.95.